The number of hydrogen-bond acceptors (Lipinski definition) is 3. The van der Waals surface area contributed by atoms with Gasteiger partial charge in [0.25, 0.3) is 5.56 Å². The second kappa shape index (κ2) is 3.20. The van der Waals surface area contributed by atoms with Crippen molar-refractivity contribution in [2.75, 3.05) is 0 Å². The molecule has 1 fully saturated rings. The number of nitrogens with one attached hydrogen (secondary N) is 1. The molecule has 0 aliphatic heterocycles. The number of nitrogens with zero attached hydrogens (tertiary/aromatic N) is 3. The molecule has 2 heterocycles. The van der Waals surface area contributed by atoms with Gasteiger partial charge >= 0.3 is 0 Å². The van der Waals surface area contributed by atoms with Crippen LogP contribution in [0.15, 0.2) is 11.1 Å². The lowest BCUT2D eigenvalue weighted by molar-refractivity contribution is 0.841. The molecule has 0 aromatic carbocycles. The molecule has 1 aliphatic carbocycles. The molecule has 0 unspecified atom stereocenters. The van der Waals surface area contributed by atoms with Crippen LogP contribution >= 0.6 is 0 Å². The molecule has 2 aromatic rings. The normalized spacial score (nSPS) is 14.8. The summed E-state index contributed by atoms with van der Waals surface area (Å²) in [5.74, 6) is 6.58. The summed E-state index contributed by atoms with van der Waals surface area (Å²) < 4.78 is 1.43. The van der Waals surface area contributed by atoms with E-state index in [2.05, 4.69) is 27.0 Å². The van der Waals surface area contributed by atoms with E-state index < -0.39 is 0 Å². The highest BCUT2D eigenvalue weighted by atomic mass is 16.1. The molecule has 5 nitrogen and oxygen atoms in total. The van der Waals surface area contributed by atoms with Crippen LogP contribution in [-0.4, -0.2) is 19.7 Å². The average Bonchev–Trinajstić information content (AvgIpc) is 3.01. The second-order valence-corrected chi connectivity index (χ2v) is 4.00. The van der Waals surface area contributed by atoms with Crippen LogP contribution in [0.5, 0.6) is 0 Å². The van der Waals surface area contributed by atoms with E-state index in [1.807, 2.05) is 0 Å². The minimum atomic E-state index is -0.112. The van der Waals surface area contributed by atoms with E-state index >= 15 is 0 Å². The maximum Gasteiger partial charge on any atom is 0.265 e. The Morgan fingerprint density at radius 2 is 2.38 bits per heavy atom. The number of aryl methyl sites for hydroxylation is 1. The van der Waals surface area contributed by atoms with Gasteiger partial charge in [-0.1, -0.05) is 5.92 Å². The van der Waals surface area contributed by atoms with E-state index in [4.69, 9.17) is 0 Å². The van der Waals surface area contributed by atoms with Gasteiger partial charge in [-0.2, -0.15) is 5.10 Å². The molecule has 0 atom stereocenters. The Bertz CT molecular complexity index is 667. The third-order valence-electron chi connectivity index (χ3n) is 2.61. The number of fused-ring (bicyclic) bond motifs is 1. The van der Waals surface area contributed by atoms with Crippen molar-refractivity contribution in [3.63, 3.8) is 0 Å². The lowest BCUT2D eigenvalue weighted by Gasteiger charge is -1.93. The van der Waals surface area contributed by atoms with E-state index in [1.165, 1.54) is 10.9 Å². The number of aromatic nitrogens is 4. The highest BCUT2D eigenvalue weighted by Crippen LogP contribution is 2.27. The first-order valence-electron chi connectivity index (χ1n) is 5.17. The summed E-state index contributed by atoms with van der Waals surface area (Å²) in [7, 11) is 1.67. The zero-order valence-corrected chi connectivity index (χ0v) is 8.82. The van der Waals surface area contributed by atoms with Crippen LogP contribution in [0.25, 0.3) is 11.0 Å². The lowest BCUT2D eigenvalue weighted by atomic mass is 10.3. The Morgan fingerprint density at radius 1 is 1.56 bits per heavy atom. The van der Waals surface area contributed by atoms with Gasteiger partial charge in [-0.05, 0) is 18.8 Å². The molecule has 80 valence electrons. The molecule has 1 saturated carbocycles. The SMILES string of the molecule is Cn1cnc2n[nH]c(C#CC3CC3)c2c1=O. The highest BCUT2D eigenvalue weighted by molar-refractivity contribution is 5.79. The van der Waals surface area contributed by atoms with Crippen molar-refractivity contribution in [1.82, 2.24) is 19.7 Å². The van der Waals surface area contributed by atoms with Crippen molar-refractivity contribution in [2.24, 2.45) is 13.0 Å². The first-order chi connectivity index (χ1) is 7.75. The van der Waals surface area contributed by atoms with Crippen LogP contribution in [0.4, 0.5) is 0 Å². The van der Waals surface area contributed by atoms with Crippen LogP contribution in [0, 0.1) is 17.8 Å². The molecule has 0 bridgehead atoms. The monoisotopic (exact) mass is 214 g/mol. The number of H-pyrrole nitrogens is 1. The van der Waals surface area contributed by atoms with Crippen LogP contribution in [-0.2, 0) is 7.05 Å². The predicted octanol–water partition coefficient (Wildman–Crippen LogP) is 0.418. The van der Waals surface area contributed by atoms with E-state index in [0.29, 0.717) is 22.6 Å². The Morgan fingerprint density at radius 3 is 3.12 bits per heavy atom. The molecule has 3 rings (SSSR count). The minimum absolute atomic E-state index is 0.112. The molecular formula is C11H10N4O. The average molecular weight is 214 g/mol. The van der Waals surface area contributed by atoms with Crippen LogP contribution < -0.4 is 5.56 Å². The smallest absolute Gasteiger partial charge is 0.265 e. The van der Waals surface area contributed by atoms with Gasteiger partial charge in [0.05, 0.1) is 6.33 Å². The minimum Gasteiger partial charge on any atom is -0.302 e. The van der Waals surface area contributed by atoms with Crippen molar-refractivity contribution < 1.29 is 0 Å². The Balaban J connectivity index is 2.22. The van der Waals surface area contributed by atoms with Gasteiger partial charge in [-0.3, -0.25) is 9.89 Å². The third-order valence-corrected chi connectivity index (χ3v) is 2.61. The van der Waals surface area contributed by atoms with E-state index in [0.717, 1.165) is 12.8 Å². The predicted molar refractivity (Wildman–Crippen MR) is 58.7 cm³/mol. The van der Waals surface area contributed by atoms with Crippen molar-refractivity contribution in [3.05, 3.63) is 22.4 Å². The summed E-state index contributed by atoms with van der Waals surface area (Å²) in [6.45, 7) is 0. The molecular weight excluding hydrogens is 204 g/mol. The van der Waals surface area contributed by atoms with Crippen LogP contribution in [0.2, 0.25) is 0 Å². The summed E-state index contributed by atoms with van der Waals surface area (Å²) in [5, 5.41) is 7.22. The molecule has 0 spiro atoms. The Labute approximate surface area is 91.5 Å². The van der Waals surface area contributed by atoms with Crippen LogP contribution in [0.1, 0.15) is 18.5 Å². The second-order valence-electron chi connectivity index (χ2n) is 4.00. The fourth-order valence-corrected chi connectivity index (χ4v) is 1.49. The first kappa shape index (κ1) is 9.16. The number of aromatic amines is 1. The first-order valence-corrected chi connectivity index (χ1v) is 5.17. The standard InChI is InChI=1S/C11H10N4O/c1-15-6-12-10-9(11(15)16)8(13-14-10)5-4-7-2-3-7/h6-7H,2-3H2,1H3,(H,13,14). The van der Waals surface area contributed by atoms with Gasteiger partial charge in [-0.15, -0.1) is 0 Å². The molecule has 16 heavy (non-hydrogen) atoms. The van der Waals surface area contributed by atoms with E-state index in [9.17, 15) is 4.79 Å². The maximum atomic E-state index is 11.9. The topological polar surface area (TPSA) is 63.6 Å². The van der Waals surface area contributed by atoms with Crippen LogP contribution in [0.3, 0.4) is 0 Å². The maximum absolute atomic E-state index is 11.9. The highest BCUT2D eigenvalue weighted by Gasteiger charge is 2.18. The van der Waals surface area contributed by atoms with Crippen molar-refractivity contribution >= 4 is 11.0 Å². The fourth-order valence-electron chi connectivity index (χ4n) is 1.49. The molecule has 0 saturated heterocycles. The third kappa shape index (κ3) is 1.39. The largest absolute Gasteiger partial charge is 0.302 e. The summed E-state index contributed by atoms with van der Waals surface area (Å²) in [6.07, 6.45) is 3.79. The molecule has 5 heteroatoms. The summed E-state index contributed by atoms with van der Waals surface area (Å²) in [6, 6.07) is 0. The molecule has 0 radical (unpaired) electrons. The van der Waals surface area contributed by atoms with Gasteiger partial charge in [0.2, 0.25) is 0 Å². The molecule has 1 aliphatic rings. The van der Waals surface area contributed by atoms with Crippen molar-refractivity contribution in [1.29, 1.82) is 0 Å². The van der Waals surface area contributed by atoms with Crippen molar-refractivity contribution in [3.8, 4) is 11.8 Å². The molecule has 0 amide bonds. The number of rotatable bonds is 0. The molecule has 2 aromatic heterocycles. The van der Waals surface area contributed by atoms with Gasteiger partial charge in [-0.25, -0.2) is 4.98 Å². The number of hydrogen-bond donors (Lipinski definition) is 1. The summed E-state index contributed by atoms with van der Waals surface area (Å²) in [4.78, 5) is 15.9. The fraction of sp³-hybridized carbons (Fsp3) is 0.364. The Kier molecular flexibility index (Phi) is 1.83. The van der Waals surface area contributed by atoms with Gasteiger partial charge < -0.3 is 4.57 Å². The Hall–Kier alpha value is -2.09. The van der Waals surface area contributed by atoms with E-state index in [1.54, 1.807) is 7.05 Å². The zero-order valence-electron chi connectivity index (χ0n) is 8.82. The van der Waals surface area contributed by atoms with Gasteiger partial charge in [0, 0.05) is 13.0 Å². The summed E-state index contributed by atoms with van der Waals surface area (Å²) >= 11 is 0. The quantitative estimate of drug-likeness (QED) is 0.646. The van der Waals surface area contributed by atoms with Gasteiger partial charge in [0.15, 0.2) is 5.65 Å². The lowest BCUT2D eigenvalue weighted by Crippen LogP contribution is -2.16. The zero-order chi connectivity index (χ0) is 11.1. The van der Waals surface area contributed by atoms with Crippen molar-refractivity contribution in [2.45, 2.75) is 12.8 Å². The van der Waals surface area contributed by atoms with Gasteiger partial charge in [0.1, 0.15) is 11.1 Å². The molecule has 1 N–H and O–H groups in total. The van der Waals surface area contributed by atoms with E-state index in [-0.39, 0.29) is 5.56 Å². The summed E-state index contributed by atoms with van der Waals surface area (Å²) in [5.41, 5.74) is 0.901.